The van der Waals surface area contributed by atoms with Crippen molar-refractivity contribution in [1.29, 1.82) is 0 Å². The Bertz CT molecular complexity index is 1020. The molecule has 6 nitrogen and oxygen atoms in total. The second-order valence-corrected chi connectivity index (χ2v) is 18.9. The predicted molar refractivity (Wildman–Crippen MR) is 273 cm³/mol. The van der Waals surface area contributed by atoms with Crippen molar-refractivity contribution in [3.05, 3.63) is 36.5 Å². The maximum Gasteiger partial charge on any atom is 0.305 e. The summed E-state index contributed by atoms with van der Waals surface area (Å²) in [6, 6.07) is -0.569. The molecule has 6 heteroatoms. The molecule has 1 amide bonds. The van der Waals surface area contributed by atoms with E-state index in [4.69, 9.17) is 4.74 Å². The lowest BCUT2D eigenvalue weighted by Crippen LogP contribution is -2.45. The number of hydrogen-bond donors (Lipinski definition) is 3. The summed E-state index contributed by atoms with van der Waals surface area (Å²) in [6.07, 6.45) is 64.1. The zero-order chi connectivity index (χ0) is 45.8. The van der Waals surface area contributed by atoms with Gasteiger partial charge in [-0.15, -0.1) is 0 Å². The summed E-state index contributed by atoms with van der Waals surface area (Å²) in [4.78, 5) is 24.5. The summed E-state index contributed by atoms with van der Waals surface area (Å²) >= 11 is 0. The summed E-state index contributed by atoms with van der Waals surface area (Å²) in [6.45, 7) is 4.84. The summed E-state index contributed by atoms with van der Waals surface area (Å²) in [7, 11) is 0. The van der Waals surface area contributed by atoms with Crippen molar-refractivity contribution < 1.29 is 24.5 Å². The molecule has 0 aromatic heterocycles. The first-order valence-electron chi connectivity index (χ1n) is 27.7. The third-order valence-electron chi connectivity index (χ3n) is 12.7. The number of rotatable bonds is 51. The van der Waals surface area contributed by atoms with Crippen molar-refractivity contribution >= 4 is 11.9 Å². The van der Waals surface area contributed by atoms with Gasteiger partial charge in [0.2, 0.25) is 5.91 Å². The van der Waals surface area contributed by atoms with Gasteiger partial charge < -0.3 is 20.3 Å². The monoisotopic (exact) mass is 886 g/mol. The van der Waals surface area contributed by atoms with Crippen LogP contribution in [0.5, 0.6) is 0 Å². The number of unbranched alkanes of at least 4 members (excludes halogenated alkanes) is 34. The molecular weight excluding hydrogens is 779 g/mol. The number of carbonyl (C=O) groups excluding carboxylic acids is 2. The number of esters is 1. The van der Waals surface area contributed by atoms with Crippen LogP contribution in [-0.4, -0.2) is 47.4 Å². The molecule has 0 fully saturated rings. The number of allylic oxidation sites excluding steroid dienone is 6. The third-order valence-corrected chi connectivity index (χ3v) is 12.7. The number of carbonyl (C=O) groups is 2. The number of aliphatic hydroxyl groups is 2. The van der Waals surface area contributed by atoms with Crippen molar-refractivity contribution in [2.75, 3.05) is 13.2 Å². The van der Waals surface area contributed by atoms with E-state index in [-0.39, 0.29) is 18.5 Å². The molecule has 370 valence electrons. The van der Waals surface area contributed by atoms with Gasteiger partial charge in [-0.25, -0.2) is 0 Å². The fourth-order valence-corrected chi connectivity index (χ4v) is 8.37. The molecule has 0 bridgehead atoms. The van der Waals surface area contributed by atoms with Gasteiger partial charge in [-0.2, -0.15) is 0 Å². The number of aliphatic hydroxyl groups excluding tert-OH is 2. The second-order valence-electron chi connectivity index (χ2n) is 18.9. The summed E-state index contributed by atoms with van der Waals surface area (Å²) < 4.78 is 5.43. The molecule has 0 rings (SSSR count). The Kier molecular flexibility index (Phi) is 51.1. The fourth-order valence-electron chi connectivity index (χ4n) is 8.37. The van der Waals surface area contributed by atoms with Gasteiger partial charge in [0.05, 0.1) is 25.4 Å². The summed E-state index contributed by atoms with van der Waals surface area (Å²) in [5.74, 6) is -0.120. The lowest BCUT2D eigenvalue weighted by molar-refractivity contribution is -0.143. The molecule has 0 saturated carbocycles. The largest absolute Gasteiger partial charge is 0.466 e. The highest BCUT2D eigenvalue weighted by Gasteiger charge is 2.20. The molecule has 0 aliphatic carbocycles. The van der Waals surface area contributed by atoms with Crippen LogP contribution in [0.15, 0.2) is 36.5 Å². The first kappa shape index (κ1) is 61.1. The Morgan fingerprint density at radius 2 is 0.794 bits per heavy atom. The predicted octanol–water partition coefficient (Wildman–Crippen LogP) is 16.9. The van der Waals surface area contributed by atoms with Crippen LogP contribution < -0.4 is 5.32 Å². The molecule has 0 spiro atoms. The van der Waals surface area contributed by atoms with E-state index in [1.165, 1.54) is 167 Å². The minimum atomic E-state index is -0.688. The van der Waals surface area contributed by atoms with Gasteiger partial charge in [0.25, 0.3) is 0 Å². The standard InChI is InChI=1S/C57H107NO5/c1-3-5-7-9-11-13-15-17-19-20-21-22-23-24-26-27-29-33-37-41-45-49-55(60)54(53-59)58-56(61)50-46-42-38-34-31-32-36-40-44-48-52-63-57(62)51-47-43-39-35-30-28-25-18-16-14-12-10-8-6-4-2/h12,14,18,25,32,36,54-55,59-60H,3-11,13,15-17,19-24,26-31,33-35,37-53H2,1-2H3,(H,58,61)/b14-12-,25-18-,36-32-. The Morgan fingerprint density at radius 1 is 0.444 bits per heavy atom. The van der Waals surface area contributed by atoms with Crippen LogP contribution in [0.25, 0.3) is 0 Å². The third kappa shape index (κ3) is 49.4. The first-order valence-corrected chi connectivity index (χ1v) is 27.7. The quantitative estimate of drug-likeness (QED) is 0.0321. The molecule has 2 unspecified atom stereocenters. The maximum absolute atomic E-state index is 12.5. The number of amides is 1. The topological polar surface area (TPSA) is 95.9 Å². The van der Waals surface area contributed by atoms with E-state index in [0.717, 1.165) is 89.9 Å². The van der Waals surface area contributed by atoms with Crippen molar-refractivity contribution in [1.82, 2.24) is 5.32 Å². The Morgan fingerprint density at radius 3 is 1.25 bits per heavy atom. The van der Waals surface area contributed by atoms with Crippen LogP contribution in [0.1, 0.15) is 290 Å². The average Bonchev–Trinajstić information content (AvgIpc) is 3.28. The van der Waals surface area contributed by atoms with Crippen LogP contribution in [-0.2, 0) is 14.3 Å². The fraction of sp³-hybridized carbons (Fsp3) is 0.860. The van der Waals surface area contributed by atoms with Crippen molar-refractivity contribution in [2.45, 2.75) is 302 Å². The lowest BCUT2D eigenvalue weighted by Gasteiger charge is -2.22. The van der Waals surface area contributed by atoms with Gasteiger partial charge in [-0.1, -0.05) is 230 Å². The van der Waals surface area contributed by atoms with Crippen molar-refractivity contribution in [3.63, 3.8) is 0 Å². The Labute approximate surface area is 392 Å². The average molecular weight is 886 g/mol. The summed E-state index contributed by atoms with van der Waals surface area (Å²) in [5, 5.41) is 23.3. The van der Waals surface area contributed by atoms with Crippen LogP contribution >= 0.6 is 0 Å². The molecule has 2 atom stereocenters. The molecule has 0 heterocycles. The molecule has 0 saturated heterocycles. The molecule has 0 aromatic rings. The molecular formula is C57H107NO5. The van der Waals surface area contributed by atoms with Gasteiger partial charge >= 0.3 is 5.97 Å². The van der Waals surface area contributed by atoms with Crippen LogP contribution in [0.2, 0.25) is 0 Å². The molecule has 63 heavy (non-hydrogen) atoms. The highest BCUT2D eigenvalue weighted by atomic mass is 16.5. The van der Waals surface area contributed by atoms with Crippen molar-refractivity contribution in [3.8, 4) is 0 Å². The minimum Gasteiger partial charge on any atom is -0.466 e. The van der Waals surface area contributed by atoms with Gasteiger partial charge in [0, 0.05) is 12.8 Å². The van der Waals surface area contributed by atoms with Crippen LogP contribution in [0.3, 0.4) is 0 Å². The Hall–Kier alpha value is -1.92. The normalized spacial score (nSPS) is 12.9. The molecule has 3 N–H and O–H groups in total. The van der Waals surface area contributed by atoms with Crippen LogP contribution in [0, 0.1) is 0 Å². The molecule has 0 aliphatic rings. The van der Waals surface area contributed by atoms with Crippen molar-refractivity contribution in [2.24, 2.45) is 0 Å². The van der Waals surface area contributed by atoms with Gasteiger partial charge in [-0.3, -0.25) is 9.59 Å². The zero-order valence-electron chi connectivity index (χ0n) is 42.1. The summed E-state index contributed by atoms with van der Waals surface area (Å²) in [5.41, 5.74) is 0. The smallest absolute Gasteiger partial charge is 0.305 e. The number of hydrogen-bond acceptors (Lipinski definition) is 5. The van der Waals surface area contributed by atoms with E-state index < -0.39 is 12.1 Å². The van der Waals surface area contributed by atoms with E-state index in [9.17, 15) is 19.8 Å². The Balaban J connectivity index is 3.53. The highest BCUT2D eigenvalue weighted by Crippen LogP contribution is 2.17. The van der Waals surface area contributed by atoms with E-state index in [1.54, 1.807) is 0 Å². The van der Waals surface area contributed by atoms with E-state index in [1.807, 2.05) is 0 Å². The van der Waals surface area contributed by atoms with E-state index in [2.05, 4.69) is 55.6 Å². The maximum atomic E-state index is 12.5. The minimum absolute atomic E-state index is 0.0501. The SMILES string of the molecule is CCCCC/C=C\C/C=C\CCCCCCCC(=O)OCCCC/C=C\CCCCCCC(=O)NC(CO)C(O)CCCCCCCCCCCCCCCCCCCCCCC. The van der Waals surface area contributed by atoms with Gasteiger partial charge in [0.1, 0.15) is 0 Å². The number of ether oxygens (including phenoxy) is 1. The zero-order valence-corrected chi connectivity index (χ0v) is 42.1. The van der Waals surface area contributed by atoms with Crippen LogP contribution in [0.4, 0.5) is 0 Å². The van der Waals surface area contributed by atoms with E-state index in [0.29, 0.717) is 25.9 Å². The van der Waals surface area contributed by atoms with Gasteiger partial charge in [0.15, 0.2) is 0 Å². The molecule has 0 aliphatic heterocycles. The molecule has 0 aromatic carbocycles. The first-order chi connectivity index (χ1) is 31.0. The van der Waals surface area contributed by atoms with Gasteiger partial charge in [-0.05, 0) is 83.5 Å². The highest BCUT2D eigenvalue weighted by molar-refractivity contribution is 5.76. The molecule has 0 radical (unpaired) electrons. The number of nitrogens with one attached hydrogen (secondary N) is 1. The van der Waals surface area contributed by atoms with E-state index >= 15 is 0 Å². The second kappa shape index (κ2) is 52.7. The lowest BCUT2D eigenvalue weighted by atomic mass is 10.0.